The van der Waals surface area contributed by atoms with Crippen molar-refractivity contribution in [2.45, 2.75) is 37.3 Å². The molecule has 3 N–H and O–H groups in total. The van der Waals surface area contributed by atoms with Crippen molar-refractivity contribution in [2.24, 2.45) is 0 Å². The summed E-state index contributed by atoms with van der Waals surface area (Å²) in [5.41, 5.74) is 2.79. The van der Waals surface area contributed by atoms with Crippen LogP contribution in [0.5, 0.6) is 5.75 Å². The van der Waals surface area contributed by atoms with Crippen LogP contribution in [0.2, 0.25) is 5.02 Å². The molecule has 0 aliphatic carbocycles. The Labute approximate surface area is 215 Å². The number of halogens is 1. The fourth-order valence-corrected chi connectivity index (χ4v) is 5.23. The number of phenols is 1. The Balaban J connectivity index is 0.000000380. The molecule has 1 unspecified atom stereocenters. The number of rotatable bonds is 7. The molecule has 3 aromatic carbocycles. The molecule has 188 valence electrons. The summed E-state index contributed by atoms with van der Waals surface area (Å²) in [6.07, 6.45) is 0.508. The van der Waals surface area contributed by atoms with Crippen LogP contribution in [0, 0.1) is 25.2 Å². The molecule has 0 aliphatic rings. The first kappa shape index (κ1) is 28.4. The Morgan fingerprint density at radius 2 is 1.81 bits per heavy atom. The van der Waals surface area contributed by atoms with Crippen molar-refractivity contribution in [1.82, 2.24) is 0 Å². The summed E-state index contributed by atoms with van der Waals surface area (Å²) in [5, 5.41) is 22.4. The predicted molar refractivity (Wildman–Crippen MR) is 140 cm³/mol. The Bertz CT molecular complexity index is 1400. The van der Waals surface area contributed by atoms with Crippen LogP contribution in [0.1, 0.15) is 30.0 Å². The minimum Gasteiger partial charge on any atom is -0.506 e. The van der Waals surface area contributed by atoms with Crippen molar-refractivity contribution in [3.63, 3.8) is 0 Å². The summed E-state index contributed by atoms with van der Waals surface area (Å²) in [6, 6.07) is 17.8. The van der Waals surface area contributed by atoms with Crippen LogP contribution in [-0.2, 0) is 19.4 Å². The molecule has 8 nitrogen and oxygen atoms in total. The molecule has 0 bridgehead atoms. The predicted octanol–water partition coefficient (Wildman–Crippen LogP) is 4.98. The number of nitrogens with one attached hydrogen (secondary N) is 2. The summed E-state index contributed by atoms with van der Waals surface area (Å²) in [6.45, 7) is 5.33. The number of hydrogen-bond acceptors (Lipinski definition) is 6. The van der Waals surface area contributed by atoms with Crippen LogP contribution in [0.15, 0.2) is 65.6 Å². The Morgan fingerprint density at radius 1 is 1.11 bits per heavy atom. The topological polar surface area (TPSA) is 136 Å². The monoisotopic (exact) mass is 527 g/mol. The van der Waals surface area contributed by atoms with Gasteiger partial charge in [-0.3, -0.25) is 9.59 Å². The van der Waals surface area contributed by atoms with E-state index in [1.165, 1.54) is 30.3 Å². The van der Waals surface area contributed by atoms with Crippen molar-refractivity contribution in [3.05, 3.63) is 82.4 Å². The minimum atomic E-state index is -3.85. The quantitative estimate of drug-likeness (QED) is 0.293. The van der Waals surface area contributed by atoms with Crippen molar-refractivity contribution in [1.29, 1.82) is 5.26 Å². The van der Waals surface area contributed by atoms with E-state index in [0.717, 1.165) is 11.1 Å². The molecule has 0 fully saturated rings. The molecule has 1 atom stereocenters. The molecular formula is C26H26ClN3O5S. The number of nitrogens with zero attached hydrogens (tertiary/aromatic N) is 1. The second-order valence-corrected chi connectivity index (χ2v) is 10.4. The highest BCUT2D eigenvalue weighted by molar-refractivity contribution is 7.92. The van der Waals surface area contributed by atoms with Crippen LogP contribution in [0.3, 0.4) is 0 Å². The van der Waals surface area contributed by atoms with Crippen molar-refractivity contribution in [3.8, 4) is 11.8 Å². The average molecular weight is 528 g/mol. The maximum atomic E-state index is 12.8. The van der Waals surface area contributed by atoms with E-state index in [0.29, 0.717) is 17.0 Å². The number of carbonyl (C=O) groups excluding carboxylic acids is 2. The minimum absolute atomic E-state index is 0.0906. The maximum Gasteiger partial charge on any atom is 0.243 e. The van der Waals surface area contributed by atoms with Crippen molar-refractivity contribution >= 4 is 45.1 Å². The molecule has 3 aromatic rings. The van der Waals surface area contributed by atoms with Crippen LogP contribution in [0.4, 0.5) is 11.4 Å². The lowest BCUT2D eigenvalue weighted by Gasteiger charge is -2.17. The van der Waals surface area contributed by atoms with E-state index < -0.39 is 21.0 Å². The van der Waals surface area contributed by atoms with E-state index in [-0.39, 0.29) is 28.4 Å². The lowest BCUT2D eigenvalue weighted by atomic mass is 10.2. The zero-order valence-corrected chi connectivity index (χ0v) is 21.5. The Kier molecular flexibility index (Phi) is 10.0. The first-order valence-electron chi connectivity index (χ1n) is 10.8. The highest BCUT2D eigenvalue weighted by Gasteiger charge is 2.32. The van der Waals surface area contributed by atoms with Gasteiger partial charge in [-0.25, -0.2) is 8.42 Å². The number of aromatic hydroxyl groups is 1. The van der Waals surface area contributed by atoms with Crippen LogP contribution >= 0.6 is 11.6 Å². The zero-order chi connectivity index (χ0) is 26.9. The first-order valence-corrected chi connectivity index (χ1v) is 12.8. The highest BCUT2D eigenvalue weighted by Crippen LogP contribution is 2.27. The normalized spacial score (nSPS) is 11.3. The molecule has 0 spiro atoms. The molecule has 2 amide bonds. The number of nitriles is 1. The van der Waals surface area contributed by atoms with Crippen molar-refractivity contribution in [2.75, 3.05) is 10.6 Å². The van der Waals surface area contributed by atoms with Gasteiger partial charge in [0.2, 0.25) is 12.3 Å². The van der Waals surface area contributed by atoms with Crippen LogP contribution < -0.4 is 10.6 Å². The number of aryl methyl sites for hydroxylation is 2. The number of phenolic OH excluding ortho intramolecular Hbond substituents is 1. The van der Waals surface area contributed by atoms with Crippen LogP contribution in [0.25, 0.3) is 0 Å². The number of amides is 2. The molecule has 10 heteroatoms. The molecule has 0 saturated carbocycles. The maximum absolute atomic E-state index is 12.8. The molecule has 0 aliphatic heterocycles. The number of sulfone groups is 1. The van der Waals surface area contributed by atoms with Gasteiger partial charge in [-0.1, -0.05) is 36.7 Å². The van der Waals surface area contributed by atoms with Gasteiger partial charge in [0, 0.05) is 11.8 Å². The van der Waals surface area contributed by atoms with E-state index in [1.807, 2.05) is 19.1 Å². The number of carbonyl (C=O) groups is 2. The van der Waals surface area contributed by atoms with Gasteiger partial charge in [0.05, 0.1) is 21.2 Å². The smallest absolute Gasteiger partial charge is 0.243 e. The summed E-state index contributed by atoms with van der Waals surface area (Å²) in [5.74, 6) is -0.936. The molecule has 0 heterocycles. The number of anilines is 2. The fourth-order valence-electron chi connectivity index (χ4n) is 3.23. The van der Waals surface area contributed by atoms with Gasteiger partial charge in [0.25, 0.3) is 0 Å². The Hall–Kier alpha value is -3.87. The molecule has 3 rings (SSSR count). The van der Waals surface area contributed by atoms with E-state index >= 15 is 0 Å². The highest BCUT2D eigenvalue weighted by atomic mass is 35.5. The second-order valence-electron chi connectivity index (χ2n) is 7.84. The summed E-state index contributed by atoms with van der Waals surface area (Å²) >= 11 is 5.71. The molecule has 0 saturated heterocycles. The van der Waals surface area contributed by atoms with E-state index in [2.05, 4.69) is 10.6 Å². The van der Waals surface area contributed by atoms with Crippen molar-refractivity contribution < 1.29 is 23.1 Å². The third kappa shape index (κ3) is 7.31. The SMILES string of the molecule is CCC(C(=O)Nc1ccc(NC=O)c(O)c1)S(=O)(=O)c1cccc(C)c1.Cc1ccc(C#N)c(Cl)c1. The van der Waals surface area contributed by atoms with Crippen LogP contribution in [-0.4, -0.2) is 31.1 Å². The first-order chi connectivity index (χ1) is 17.0. The van der Waals surface area contributed by atoms with Gasteiger partial charge >= 0.3 is 0 Å². The fraction of sp³-hybridized carbons (Fsp3) is 0.192. The van der Waals surface area contributed by atoms with Gasteiger partial charge in [-0.2, -0.15) is 5.26 Å². The summed E-state index contributed by atoms with van der Waals surface area (Å²) in [7, 11) is -3.85. The number of hydrogen-bond donors (Lipinski definition) is 3. The third-order valence-electron chi connectivity index (χ3n) is 5.08. The number of benzene rings is 3. The third-order valence-corrected chi connectivity index (χ3v) is 7.60. The van der Waals surface area contributed by atoms with Gasteiger partial charge in [-0.05, 0) is 67.8 Å². The lowest BCUT2D eigenvalue weighted by molar-refractivity contribution is -0.115. The van der Waals surface area contributed by atoms with E-state index in [9.17, 15) is 23.1 Å². The van der Waals surface area contributed by atoms with E-state index in [1.54, 1.807) is 38.1 Å². The van der Waals surface area contributed by atoms with Gasteiger partial charge < -0.3 is 15.7 Å². The summed E-state index contributed by atoms with van der Waals surface area (Å²) in [4.78, 5) is 23.0. The molecular weight excluding hydrogens is 502 g/mol. The summed E-state index contributed by atoms with van der Waals surface area (Å²) < 4.78 is 25.6. The standard InChI is InChI=1S/C18H20N2O5S.C8H6ClN/c1-3-17(26(24,25)14-6-4-5-12(2)9-14)18(23)20-13-7-8-15(19-11-21)16(22)10-13;1-6-2-3-7(5-10)8(9)4-6/h4-11,17,22H,3H2,1-2H3,(H,19,21)(H,20,23);2-4H,1H3. The molecule has 36 heavy (non-hydrogen) atoms. The largest absolute Gasteiger partial charge is 0.506 e. The Morgan fingerprint density at radius 3 is 2.36 bits per heavy atom. The van der Waals surface area contributed by atoms with Gasteiger partial charge in [0.1, 0.15) is 17.1 Å². The molecule has 0 aromatic heterocycles. The second kappa shape index (κ2) is 12.7. The molecule has 0 radical (unpaired) electrons. The lowest BCUT2D eigenvalue weighted by Crippen LogP contribution is -2.34. The zero-order valence-electron chi connectivity index (χ0n) is 19.9. The van der Waals surface area contributed by atoms with Gasteiger partial charge in [-0.15, -0.1) is 0 Å². The van der Waals surface area contributed by atoms with Gasteiger partial charge in [0.15, 0.2) is 9.84 Å². The van der Waals surface area contributed by atoms with E-state index in [4.69, 9.17) is 16.9 Å². The average Bonchev–Trinajstić information content (AvgIpc) is 2.82.